The van der Waals surface area contributed by atoms with Crippen molar-refractivity contribution in [1.82, 2.24) is 5.01 Å². The van der Waals surface area contributed by atoms with Crippen molar-refractivity contribution in [2.45, 2.75) is 25.3 Å². The first-order valence-electron chi connectivity index (χ1n) is 11.0. The minimum atomic E-state index is -0.650. The van der Waals surface area contributed by atoms with E-state index in [1.54, 1.807) is 18.6 Å². The number of aldehydes is 1. The number of benzene rings is 1. The van der Waals surface area contributed by atoms with Crippen LogP contribution < -0.4 is 0 Å². The fraction of sp³-hybridized carbons (Fsp3) is 0.231. The Kier molecular flexibility index (Phi) is 5.95. The number of amides is 1. The number of hydrazone groups is 1. The topological polar surface area (TPSA) is 102 Å². The second kappa shape index (κ2) is 9.35. The van der Waals surface area contributed by atoms with Crippen molar-refractivity contribution in [1.29, 1.82) is 0 Å². The molecule has 1 saturated carbocycles. The number of hydrogen-bond donors (Lipinski definition) is 0. The van der Waals surface area contributed by atoms with Crippen LogP contribution in [0.25, 0.3) is 6.08 Å². The van der Waals surface area contributed by atoms with E-state index in [9.17, 15) is 14.4 Å². The van der Waals surface area contributed by atoms with E-state index in [2.05, 4.69) is 5.10 Å². The summed E-state index contributed by atoms with van der Waals surface area (Å²) in [5.41, 5.74) is 2.55. The Morgan fingerprint density at radius 1 is 1.09 bits per heavy atom. The molecule has 0 spiro atoms. The number of ether oxygens (including phenoxy) is 1. The van der Waals surface area contributed by atoms with Gasteiger partial charge in [0, 0.05) is 11.5 Å². The van der Waals surface area contributed by atoms with Crippen LogP contribution in [0, 0.1) is 5.92 Å². The number of esters is 1. The molecule has 1 fully saturated rings. The van der Waals surface area contributed by atoms with Gasteiger partial charge in [-0.3, -0.25) is 9.59 Å². The van der Waals surface area contributed by atoms with Crippen molar-refractivity contribution in [2.24, 2.45) is 11.0 Å². The molecule has 3 aromatic rings. The highest BCUT2D eigenvalue weighted by Gasteiger charge is 2.45. The van der Waals surface area contributed by atoms with Gasteiger partial charge in [-0.25, -0.2) is 9.80 Å². The Morgan fingerprint density at radius 3 is 2.59 bits per heavy atom. The van der Waals surface area contributed by atoms with Crippen LogP contribution in [0.15, 0.2) is 80.6 Å². The molecule has 8 heteroatoms. The first kappa shape index (κ1) is 21.6. The molecule has 2 atom stereocenters. The van der Waals surface area contributed by atoms with E-state index in [0.717, 1.165) is 36.3 Å². The number of nitrogens with zero attached hydrogens (tertiary/aromatic N) is 2. The van der Waals surface area contributed by atoms with Gasteiger partial charge in [-0.2, -0.15) is 5.10 Å². The van der Waals surface area contributed by atoms with Gasteiger partial charge in [-0.15, -0.1) is 0 Å². The largest absolute Gasteiger partial charge is 0.467 e. The number of carbonyl (C=O) groups is 3. The molecule has 172 valence electrons. The van der Waals surface area contributed by atoms with Gasteiger partial charge < -0.3 is 13.6 Å². The van der Waals surface area contributed by atoms with Crippen molar-refractivity contribution >= 4 is 30.0 Å². The summed E-state index contributed by atoms with van der Waals surface area (Å²) >= 11 is 0. The zero-order valence-electron chi connectivity index (χ0n) is 18.3. The molecule has 1 aliphatic carbocycles. The zero-order chi connectivity index (χ0) is 23.5. The minimum Gasteiger partial charge on any atom is -0.467 e. The normalized spacial score (nSPS) is 20.6. The molecular formula is C26H22N2O6. The first-order chi connectivity index (χ1) is 16.6. The summed E-state index contributed by atoms with van der Waals surface area (Å²) in [5, 5.41) is 6.06. The predicted molar refractivity (Wildman–Crippen MR) is 122 cm³/mol. The number of allylic oxidation sites excluding steroid dienone is 1. The molecule has 2 aliphatic rings. The lowest BCUT2D eigenvalue weighted by Gasteiger charge is -2.27. The zero-order valence-corrected chi connectivity index (χ0v) is 18.3. The van der Waals surface area contributed by atoms with Crippen LogP contribution in [0.2, 0.25) is 0 Å². The number of hydrogen-bond acceptors (Lipinski definition) is 7. The molecule has 5 rings (SSSR count). The van der Waals surface area contributed by atoms with Crippen LogP contribution in [0.1, 0.15) is 57.5 Å². The van der Waals surface area contributed by atoms with Crippen molar-refractivity contribution in [3.63, 3.8) is 0 Å². The molecule has 2 aromatic heterocycles. The van der Waals surface area contributed by atoms with Crippen molar-refractivity contribution in [2.75, 3.05) is 6.61 Å². The van der Waals surface area contributed by atoms with E-state index in [4.69, 9.17) is 13.6 Å². The molecule has 1 amide bonds. The summed E-state index contributed by atoms with van der Waals surface area (Å²) in [6.45, 7) is -0.466. The maximum absolute atomic E-state index is 13.2. The molecule has 3 heterocycles. The van der Waals surface area contributed by atoms with Gasteiger partial charge in [0.2, 0.25) is 0 Å². The molecule has 8 nitrogen and oxygen atoms in total. The summed E-state index contributed by atoms with van der Waals surface area (Å²) in [5.74, 6) is 0.234. The molecule has 2 unspecified atom stereocenters. The van der Waals surface area contributed by atoms with Crippen LogP contribution in [0.5, 0.6) is 0 Å². The van der Waals surface area contributed by atoms with Gasteiger partial charge in [0.25, 0.3) is 5.91 Å². The van der Waals surface area contributed by atoms with Crippen molar-refractivity contribution in [3.05, 3.63) is 89.3 Å². The van der Waals surface area contributed by atoms with E-state index < -0.39 is 24.5 Å². The summed E-state index contributed by atoms with van der Waals surface area (Å²) in [7, 11) is 0. The van der Waals surface area contributed by atoms with Crippen LogP contribution in [-0.2, 0) is 9.53 Å². The Balaban J connectivity index is 1.37. The Labute approximate surface area is 195 Å². The third kappa shape index (κ3) is 4.22. The van der Waals surface area contributed by atoms with Gasteiger partial charge in [0.05, 0.1) is 23.8 Å². The predicted octanol–water partition coefficient (Wildman–Crippen LogP) is 4.67. The van der Waals surface area contributed by atoms with Gasteiger partial charge in [0.15, 0.2) is 6.61 Å². The summed E-state index contributed by atoms with van der Waals surface area (Å²) in [4.78, 5) is 36.4. The third-order valence-electron chi connectivity index (χ3n) is 6.06. The van der Waals surface area contributed by atoms with Gasteiger partial charge in [0.1, 0.15) is 23.8 Å². The first-order valence-corrected chi connectivity index (χ1v) is 11.0. The SMILES string of the molecule is O=Cc1ccc(C(=O)OCC(=O)N2N=C3C(=Cc4ccco4)CCCC3C2c2ccco2)cc1. The van der Waals surface area contributed by atoms with Crippen LogP contribution in [-0.4, -0.2) is 35.5 Å². The Hall–Kier alpha value is -4.20. The maximum Gasteiger partial charge on any atom is 0.338 e. The fourth-order valence-corrected chi connectivity index (χ4v) is 4.46. The average molecular weight is 458 g/mol. The van der Waals surface area contributed by atoms with Crippen LogP contribution in [0.4, 0.5) is 0 Å². The second-order valence-electron chi connectivity index (χ2n) is 8.18. The highest BCUT2D eigenvalue weighted by molar-refractivity contribution is 6.08. The molecular weight excluding hydrogens is 436 g/mol. The van der Waals surface area contributed by atoms with Crippen molar-refractivity contribution in [3.8, 4) is 0 Å². The maximum atomic E-state index is 13.2. The van der Waals surface area contributed by atoms with E-state index in [1.165, 1.54) is 29.3 Å². The Bertz CT molecular complexity index is 1240. The number of furan rings is 2. The number of carbonyl (C=O) groups excluding carboxylic acids is 3. The lowest BCUT2D eigenvalue weighted by Crippen LogP contribution is -2.34. The van der Waals surface area contributed by atoms with Gasteiger partial charge in [-0.05, 0) is 67.3 Å². The fourth-order valence-electron chi connectivity index (χ4n) is 4.46. The Morgan fingerprint density at radius 2 is 1.88 bits per heavy atom. The summed E-state index contributed by atoms with van der Waals surface area (Å²) in [6, 6.07) is 12.9. The standard InChI is InChI=1S/C26H22N2O6/c29-15-17-8-10-18(11-9-17)26(31)34-16-23(30)28-25(22-7-3-13-33-22)21-6-1-4-19(24(21)27-28)14-20-5-2-12-32-20/h2-3,5,7-15,21,25H,1,4,6,16H2. The third-order valence-corrected chi connectivity index (χ3v) is 6.06. The van der Waals surface area contributed by atoms with E-state index in [1.807, 2.05) is 24.3 Å². The van der Waals surface area contributed by atoms with E-state index in [-0.39, 0.29) is 11.5 Å². The van der Waals surface area contributed by atoms with Gasteiger partial charge >= 0.3 is 5.97 Å². The number of fused-ring (bicyclic) bond motifs is 1. The highest BCUT2D eigenvalue weighted by Crippen LogP contribution is 2.44. The molecule has 1 aromatic carbocycles. The number of rotatable bonds is 6. The lowest BCUT2D eigenvalue weighted by molar-refractivity contribution is -0.137. The minimum absolute atomic E-state index is 0.0309. The summed E-state index contributed by atoms with van der Waals surface area (Å²) in [6.07, 6.45) is 8.46. The molecule has 34 heavy (non-hydrogen) atoms. The quantitative estimate of drug-likeness (QED) is 0.393. The molecule has 0 N–H and O–H groups in total. The lowest BCUT2D eigenvalue weighted by atomic mass is 9.79. The summed E-state index contributed by atoms with van der Waals surface area (Å²) < 4.78 is 16.4. The van der Waals surface area contributed by atoms with E-state index >= 15 is 0 Å². The molecule has 1 aliphatic heterocycles. The van der Waals surface area contributed by atoms with Crippen LogP contribution >= 0.6 is 0 Å². The van der Waals surface area contributed by atoms with Gasteiger partial charge in [-0.1, -0.05) is 12.1 Å². The molecule has 0 radical (unpaired) electrons. The monoisotopic (exact) mass is 458 g/mol. The smallest absolute Gasteiger partial charge is 0.338 e. The molecule has 0 saturated heterocycles. The van der Waals surface area contributed by atoms with Crippen molar-refractivity contribution < 1.29 is 28.0 Å². The van der Waals surface area contributed by atoms with E-state index in [0.29, 0.717) is 17.6 Å². The van der Waals surface area contributed by atoms with Crippen LogP contribution in [0.3, 0.4) is 0 Å². The molecule has 0 bridgehead atoms. The average Bonchev–Trinajstić information content (AvgIpc) is 3.63. The highest BCUT2D eigenvalue weighted by atomic mass is 16.5. The second-order valence-corrected chi connectivity index (χ2v) is 8.18.